The number of hydrogen-bond acceptors (Lipinski definition) is 1. The lowest BCUT2D eigenvalue weighted by molar-refractivity contribution is 0.366. The van der Waals surface area contributed by atoms with Crippen molar-refractivity contribution in [1.82, 2.24) is 0 Å². The first-order chi connectivity index (χ1) is 15.3. The van der Waals surface area contributed by atoms with Gasteiger partial charge in [-0.05, 0) is 18.9 Å². The van der Waals surface area contributed by atoms with Crippen molar-refractivity contribution in [2.45, 2.75) is 181 Å². The topological polar surface area (TPSA) is 26.0 Å². The maximum Gasteiger partial charge on any atom is -0.00773 e. The maximum atomic E-state index is 5.57. The average Bonchev–Trinajstić information content (AvgIpc) is 2.78. The minimum atomic E-state index is 0.874. The van der Waals surface area contributed by atoms with Crippen molar-refractivity contribution < 1.29 is 0 Å². The number of nitrogens with two attached hydrogens (primary N) is 1. The molecule has 2 N–H and O–H groups in total. The van der Waals surface area contributed by atoms with E-state index < -0.39 is 0 Å². The molecule has 1 atom stereocenters. The molecule has 0 rings (SSSR count). The minimum absolute atomic E-state index is 0.874. The largest absolute Gasteiger partial charge is 0.330 e. The standard InChI is InChI=1S/C30H63N/c1-3-5-7-9-10-11-13-16-19-23-27-30(26-22-8-6-4-2)28-24-20-17-14-12-15-18-21-25-29-31/h30H,3-29,31H2,1-2H3. The van der Waals surface area contributed by atoms with Gasteiger partial charge in [-0.15, -0.1) is 0 Å². The Bertz CT molecular complexity index is 277. The van der Waals surface area contributed by atoms with Crippen LogP contribution in [0.3, 0.4) is 0 Å². The molecule has 0 aromatic carbocycles. The van der Waals surface area contributed by atoms with Gasteiger partial charge in [0.25, 0.3) is 0 Å². The molecule has 0 fully saturated rings. The summed E-state index contributed by atoms with van der Waals surface area (Å²) in [5.74, 6) is 1.03. The molecule has 0 radical (unpaired) electrons. The van der Waals surface area contributed by atoms with Gasteiger partial charge in [-0.2, -0.15) is 0 Å². The highest BCUT2D eigenvalue weighted by molar-refractivity contribution is 4.62. The highest BCUT2D eigenvalue weighted by Gasteiger charge is 2.08. The minimum Gasteiger partial charge on any atom is -0.330 e. The number of unbranched alkanes of at least 4 members (excludes halogenated alkanes) is 20. The lowest BCUT2D eigenvalue weighted by atomic mass is 9.89. The Labute approximate surface area is 199 Å². The Hall–Kier alpha value is -0.0400. The molecule has 1 unspecified atom stereocenters. The van der Waals surface area contributed by atoms with Crippen LogP contribution in [0.4, 0.5) is 0 Å². The second kappa shape index (κ2) is 28.0. The third-order valence-electron chi connectivity index (χ3n) is 7.25. The third kappa shape index (κ3) is 26.1. The van der Waals surface area contributed by atoms with Crippen molar-refractivity contribution in [3.63, 3.8) is 0 Å². The smallest absolute Gasteiger partial charge is 0.00773 e. The highest BCUT2D eigenvalue weighted by atomic mass is 14.5. The molecule has 0 aliphatic rings. The molecule has 1 nitrogen and oxygen atoms in total. The lowest BCUT2D eigenvalue weighted by Crippen LogP contribution is -2.01. The molecule has 0 amide bonds. The van der Waals surface area contributed by atoms with Crippen molar-refractivity contribution in [1.29, 1.82) is 0 Å². The zero-order chi connectivity index (χ0) is 22.7. The first kappa shape index (κ1) is 31.0. The van der Waals surface area contributed by atoms with E-state index in [1.54, 1.807) is 0 Å². The lowest BCUT2D eigenvalue weighted by Gasteiger charge is -2.17. The van der Waals surface area contributed by atoms with Crippen molar-refractivity contribution in [2.24, 2.45) is 11.7 Å². The fourth-order valence-corrected chi connectivity index (χ4v) is 5.03. The molecular formula is C30H63N. The molecular weight excluding hydrogens is 374 g/mol. The molecule has 0 saturated carbocycles. The van der Waals surface area contributed by atoms with Gasteiger partial charge in [0.15, 0.2) is 0 Å². The quantitative estimate of drug-likeness (QED) is 0.127. The Morgan fingerprint density at radius 2 is 0.613 bits per heavy atom. The van der Waals surface area contributed by atoms with Crippen LogP contribution in [0.15, 0.2) is 0 Å². The van der Waals surface area contributed by atoms with Gasteiger partial charge in [-0.3, -0.25) is 0 Å². The van der Waals surface area contributed by atoms with Gasteiger partial charge in [-0.25, -0.2) is 0 Å². The van der Waals surface area contributed by atoms with Gasteiger partial charge in [0.1, 0.15) is 0 Å². The number of hydrogen-bond donors (Lipinski definition) is 1. The van der Waals surface area contributed by atoms with Crippen molar-refractivity contribution in [3.8, 4) is 0 Å². The molecule has 0 saturated heterocycles. The predicted octanol–water partition coefficient (Wildman–Crippen LogP) is 10.7. The first-order valence-electron chi connectivity index (χ1n) is 15.0. The van der Waals surface area contributed by atoms with E-state index >= 15 is 0 Å². The van der Waals surface area contributed by atoms with Gasteiger partial charge in [0.05, 0.1) is 0 Å². The van der Waals surface area contributed by atoms with E-state index in [0.29, 0.717) is 0 Å². The summed E-state index contributed by atoms with van der Waals surface area (Å²) >= 11 is 0. The van der Waals surface area contributed by atoms with Crippen LogP contribution in [0.25, 0.3) is 0 Å². The van der Waals surface area contributed by atoms with Crippen LogP contribution in [0, 0.1) is 5.92 Å². The van der Waals surface area contributed by atoms with E-state index in [0.717, 1.165) is 12.5 Å². The summed E-state index contributed by atoms with van der Waals surface area (Å²) in [5, 5.41) is 0. The summed E-state index contributed by atoms with van der Waals surface area (Å²) < 4.78 is 0. The summed E-state index contributed by atoms with van der Waals surface area (Å²) in [6.45, 7) is 5.52. The van der Waals surface area contributed by atoms with Crippen LogP contribution in [0.2, 0.25) is 0 Å². The van der Waals surface area contributed by atoms with E-state index in [-0.39, 0.29) is 0 Å². The molecule has 31 heavy (non-hydrogen) atoms. The molecule has 0 aliphatic carbocycles. The fourth-order valence-electron chi connectivity index (χ4n) is 5.03. The second-order valence-electron chi connectivity index (χ2n) is 10.4. The summed E-state index contributed by atoms with van der Waals surface area (Å²) in [5.41, 5.74) is 5.57. The van der Waals surface area contributed by atoms with Crippen molar-refractivity contribution in [2.75, 3.05) is 6.54 Å². The molecule has 188 valence electrons. The Morgan fingerprint density at radius 1 is 0.355 bits per heavy atom. The average molecular weight is 438 g/mol. The molecule has 1 heteroatoms. The molecule has 0 aromatic rings. The van der Waals surface area contributed by atoms with E-state index in [1.165, 1.54) is 167 Å². The highest BCUT2D eigenvalue weighted by Crippen LogP contribution is 2.24. The Morgan fingerprint density at radius 3 is 0.935 bits per heavy atom. The second-order valence-corrected chi connectivity index (χ2v) is 10.4. The normalized spacial score (nSPS) is 12.5. The number of rotatable bonds is 27. The maximum absolute atomic E-state index is 5.57. The van der Waals surface area contributed by atoms with Crippen molar-refractivity contribution in [3.05, 3.63) is 0 Å². The molecule has 0 heterocycles. The van der Waals surface area contributed by atoms with Gasteiger partial charge < -0.3 is 5.73 Å². The monoisotopic (exact) mass is 437 g/mol. The van der Waals surface area contributed by atoms with E-state index in [9.17, 15) is 0 Å². The zero-order valence-electron chi connectivity index (χ0n) is 22.2. The van der Waals surface area contributed by atoms with Crippen LogP contribution in [0.1, 0.15) is 181 Å². The van der Waals surface area contributed by atoms with Crippen LogP contribution in [-0.4, -0.2) is 6.54 Å². The van der Waals surface area contributed by atoms with Gasteiger partial charge >= 0.3 is 0 Å². The molecule has 0 aliphatic heterocycles. The molecule has 0 aromatic heterocycles. The van der Waals surface area contributed by atoms with E-state index in [4.69, 9.17) is 5.73 Å². The Balaban J connectivity index is 3.68. The van der Waals surface area contributed by atoms with Gasteiger partial charge in [0.2, 0.25) is 0 Å². The van der Waals surface area contributed by atoms with Crippen LogP contribution < -0.4 is 5.73 Å². The van der Waals surface area contributed by atoms with Crippen LogP contribution in [0.5, 0.6) is 0 Å². The molecule has 0 spiro atoms. The van der Waals surface area contributed by atoms with Crippen LogP contribution in [-0.2, 0) is 0 Å². The molecule has 0 bridgehead atoms. The van der Waals surface area contributed by atoms with Crippen LogP contribution >= 0.6 is 0 Å². The van der Waals surface area contributed by atoms with E-state index in [2.05, 4.69) is 13.8 Å². The SMILES string of the molecule is CCCCCCCCCCCCC(CCCCCC)CCCCCCCCCCCN. The third-order valence-corrected chi connectivity index (χ3v) is 7.25. The summed E-state index contributed by atoms with van der Waals surface area (Å²) in [6.07, 6.45) is 37.7. The van der Waals surface area contributed by atoms with Crippen molar-refractivity contribution >= 4 is 0 Å². The van der Waals surface area contributed by atoms with E-state index in [1.807, 2.05) is 0 Å². The van der Waals surface area contributed by atoms with Gasteiger partial charge in [-0.1, -0.05) is 174 Å². The fraction of sp³-hybridized carbons (Fsp3) is 1.00. The van der Waals surface area contributed by atoms with Gasteiger partial charge in [0, 0.05) is 0 Å². The Kier molecular flexibility index (Phi) is 28.0. The summed E-state index contributed by atoms with van der Waals surface area (Å²) in [4.78, 5) is 0. The summed E-state index contributed by atoms with van der Waals surface area (Å²) in [6, 6.07) is 0. The predicted molar refractivity (Wildman–Crippen MR) is 144 cm³/mol. The zero-order valence-corrected chi connectivity index (χ0v) is 22.2. The first-order valence-corrected chi connectivity index (χ1v) is 15.0. The summed E-state index contributed by atoms with van der Waals surface area (Å²) in [7, 11) is 0.